The summed E-state index contributed by atoms with van der Waals surface area (Å²) in [5, 5.41) is 19.5. The third kappa shape index (κ3) is 3.71. The van der Waals surface area contributed by atoms with Crippen LogP contribution in [0.4, 0.5) is 4.79 Å². The second kappa shape index (κ2) is 7.00. The molecule has 0 bridgehead atoms. The molecule has 0 aliphatic heterocycles. The molecule has 1 heterocycles. The highest BCUT2D eigenvalue weighted by Crippen LogP contribution is 2.29. The van der Waals surface area contributed by atoms with Crippen molar-refractivity contribution in [1.82, 2.24) is 4.90 Å². The lowest BCUT2D eigenvalue weighted by Gasteiger charge is -2.24. The molecule has 2 rings (SSSR count). The molecule has 6 nitrogen and oxygen atoms in total. The highest BCUT2D eigenvalue weighted by atomic mass is 16.4. The van der Waals surface area contributed by atoms with Gasteiger partial charge in [-0.2, -0.15) is 0 Å². The van der Waals surface area contributed by atoms with E-state index in [0.717, 1.165) is 0 Å². The van der Waals surface area contributed by atoms with Crippen LogP contribution in [0.5, 0.6) is 5.75 Å². The van der Waals surface area contributed by atoms with Crippen LogP contribution in [-0.4, -0.2) is 34.3 Å². The Bertz CT molecular complexity index is 780. The van der Waals surface area contributed by atoms with E-state index in [1.165, 1.54) is 29.2 Å². The first-order valence-electron chi connectivity index (χ1n) is 7.31. The fraction of sp³-hybridized carbons (Fsp3) is 0.294. The van der Waals surface area contributed by atoms with Crippen LogP contribution >= 0.6 is 0 Å². The summed E-state index contributed by atoms with van der Waals surface area (Å²) in [4.78, 5) is 24.4. The Balaban J connectivity index is 2.48. The van der Waals surface area contributed by atoms with E-state index in [-0.39, 0.29) is 30.3 Å². The van der Waals surface area contributed by atoms with Gasteiger partial charge in [-0.1, -0.05) is 13.0 Å². The average molecular weight is 317 g/mol. The number of phenolic OH excluding ortho intramolecular Hbond substituents is 1. The quantitative estimate of drug-likeness (QED) is 0.631. The molecule has 1 aromatic carbocycles. The largest absolute Gasteiger partial charge is 0.508 e. The number of benzene rings is 1. The molecule has 1 amide bonds. The lowest BCUT2D eigenvalue weighted by atomic mass is 9.93. The number of nitrogens with zero attached hydrogens (tertiary/aromatic N) is 1. The van der Waals surface area contributed by atoms with Gasteiger partial charge in [-0.05, 0) is 24.1 Å². The summed E-state index contributed by atoms with van der Waals surface area (Å²) in [6.07, 6.45) is 1.14. The van der Waals surface area contributed by atoms with Crippen molar-refractivity contribution in [2.75, 3.05) is 13.1 Å². The standard InChI is InChI=1S/C17H19NO5/c1-3-7-18(17(21)22)10-11(4-2)14-9-16(20)23-15-8-12(19)5-6-13(14)15/h3,5-6,8-9,11,19H,1,4,7,10H2,2H3,(H,21,22)/t11-/m0/s1. The van der Waals surface area contributed by atoms with Gasteiger partial charge in [0.25, 0.3) is 0 Å². The molecule has 2 aromatic rings. The van der Waals surface area contributed by atoms with E-state index in [9.17, 15) is 19.8 Å². The van der Waals surface area contributed by atoms with Gasteiger partial charge in [0.2, 0.25) is 0 Å². The van der Waals surface area contributed by atoms with Crippen LogP contribution in [0, 0.1) is 0 Å². The van der Waals surface area contributed by atoms with Crippen molar-refractivity contribution in [1.29, 1.82) is 0 Å². The molecule has 0 saturated carbocycles. The number of fused-ring (bicyclic) bond motifs is 1. The van der Waals surface area contributed by atoms with Gasteiger partial charge >= 0.3 is 11.7 Å². The Hall–Kier alpha value is -2.76. The maximum Gasteiger partial charge on any atom is 0.407 e. The Labute approximate surface area is 133 Å². The molecule has 6 heteroatoms. The molecule has 1 atom stereocenters. The van der Waals surface area contributed by atoms with Crippen LogP contribution in [-0.2, 0) is 0 Å². The highest BCUT2D eigenvalue weighted by molar-refractivity contribution is 5.82. The van der Waals surface area contributed by atoms with Gasteiger partial charge in [0, 0.05) is 36.5 Å². The van der Waals surface area contributed by atoms with Gasteiger partial charge in [0.05, 0.1) is 0 Å². The number of rotatable bonds is 6. The van der Waals surface area contributed by atoms with E-state index in [2.05, 4.69) is 6.58 Å². The number of phenols is 1. The van der Waals surface area contributed by atoms with Crippen LogP contribution in [0.25, 0.3) is 11.0 Å². The summed E-state index contributed by atoms with van der Waals surface area (Å²) >= 11 is 0. The first-order chi connectivity index (χ1) is 11.0. The molecule has 122 valence electrons. The van der Waals surface area contributed by atoms with Crippen molar-refractivity contribution in [3.05, 3.63) is 52.9 Å². The molecule has 0 aliphatic rings. The molecule has 1 aromatic heterocycles. The third-order valence-electron chi connectivity index (χ3n) is 3.75. The molecule has 0 spiro atoms. The van der Waals surface area contributed by atoms with Crippen LogP contribution < -0.4 is 5.63 Å². The fourth-order valence-electron chi connectivity index (χ4n) is 2.61. The van der Waals surface area contributed by atoms with Crippen LogP contribution in [0.1, 0.15) is 24.8 Å². The van der Waals surface area contributed by atoms with E-state index >= 15 is 0 Å². The normalized spacial score (nSPS) is 12.0. The second-order valence-electron chi connectivity index (χ2n) is 5.28. The first kappa shape index (κ1) is 16.6. The Morgan fingerprint density at radius 3 is 2.78 bits per heavy atom. The van der Waals surface area contributed by atoms with Crippen molar-refractivity contribution in [3.8, 4) is 5.75 Å². The molecule has 0 fully saturated rings. The smallest absolute Gasteiger partial charge is 0.407 e. The Morgan fingerprint density at radius 1 is 1.43 bits per heavy atom. The predicted molar refractivity (Wildman–Crippen MR) is 87.0 cm³/mol. The highest BCUT2D eigenvalue weighted by Gasteiger charge is 2.20. The first-order valence-corrected chi connectivity index (χ1v) is 7.31. The van der Waals surface area contributed by atoms with Crippen LogP contribution in [0.15, 0.2) is 46.1 Å². The minimum atomic E-state index is -1.03. The van der Waals surface area contributed by atoms with Crippen molar-refractivity contribution in [2.24, 2.45) is 0 Å². The van der Waals surface area contributed by atoms with Gasteiger partial charge in [0.1, 0.15) is 11.3 Å². The lowest BCUT2D eigenvalue weighted by molar-refractivity contribution is 0.147. The molecule has 0 radical (unpaired) electrons. The van der Waals surface area contributed by atoms with Crippen molar-refractivity contribution in [3.63, 3.8) is 0 Å². The van der Waals surface area contributed by atoms with E-state index in [4.69, 9.17) is 4.42 Å². The molecule has 2 N–H and O–H groups in total. The van der Waals surface area contributed by atoms with E-state index in [1.54, 1.807) is 6.07 Å². The fourth-order valence-corrected chi connectivity index (χ4v) is 2.61. The lowest BCUT2D eigenvalue weighted by Crippen LogP contribution is -2.33. The zero-order valence-corrected chi connectivity index (χ0v) is 12.9. The summed E-state index contributed by atoms with van der Waals surface area (Å²) in [5.41, 5.74) is 0.479. The summed E-state index contributed by atoms with van der Waals surface area (Å²) in [7, 11) is 0. The molecule has 23 heavy (non-hydrogen) atoms. The Kier molecular flexibility index (Phi) is 5.05. The van der Waals surface area contributed by atoms with Gasteiger partial charge in [-0.3, -0.25) is 0 Å². The number of carboxylic acid groups (broad SMARTS) is 1. The van der Waals surface area contributed by atoms with E-state index in [0.29, 0.717) is 17.4 Å². The van der Waals surface area contributed by atoms with Crippen molar-refractivity contribution in [2.45, 2.75) is 19.3 Å². The minimum absolute atomic E-state index is 0.00432. The average Bonchev–Trinajstić information content (AvgIpc) is 2.50. The van der Waals surface area contributed by atoms with Crippen LogP contribution in [0.2, 0.25) is 0 Å². The summed E-state index contributed by atoms with van der Waals surface area (Å²) in [5.74, 6) is -0.160. The summed E-state index contributed by atoms with van der Waals surface area (Å²) in [6.45, 7) is 5.96. The molecule has 0 aliphatic carbocycles. The second-order valence-corrected chi connectivity index (χ2v) is 5.28. The molecular formula is C17H19NO5. The molecule has 0 saturated heterocycles. The molecule has 0 unspecified atom stereocenters. The SMILES string of the molecule is C=CCN(C[C@H](CC)c1cc(=O)oc2cc(O)ccc12)C(=O)O. The third-order valence-corrected chi connectivity index (χ3v) is 3.75. The van der Waals surface area contributed by atoms with Crippen molar-refractivity contribution >= 4 is 17.1 Å². The van der Waals surface area contributed by atoms with Crippen LogP contribution in [0.3, 0.4) is 0 Å². The van der Waals surface area contributed by atoms with Crippen molar-refractivity contribution < 1.29 is 19.4 Å². The monoisotopic (exact) mass is 317 g/mol. The predicted octanol–water partition coefficient (Wildman–Crippen LogP) is 3.16. The number of hydrogen-bond acceptors (Lipinski definition) is 4. The van der Waals surface area contributed by atoms with Gasteiger partial charge in [0.15, 0.2) is 0 Å². The van der Waals surface area contributed by atoms with Gasteiger partial charge in [-0.25, -0.2) is 9.59 Å². The summed E-state index contributed by atoms with van der Waals surface area (Å²) in [6, 6.07) is 5.95. The minimum Gasteiger partial charge on any atom is -0.508 e. The van der Waals surface area contributed by atoms with Gasteiger partial charge < -0.3 is 19.5 Å². The topological polar surface area (TPSA) is 91.0 Å². The Morgan fingerprint density at radius 2 is 2.17 bits per heavy atom. The zero-order chi connectivity index (χ0) is 17.0. The number of carbonyl (C=O) groups is 1. The number of hydrogen-bond donors (Lipinski definition) is 2. The summed E-state index contributed by atoms with van der Waals surface area (Å²) < 4.78 is 5.12. The number of amides is 1. The van der Waals surface area contributed by atoms with Gasteiger partial charge in [-0.15, -0.1) is 6.58 Å². The maximum absolute atomic E-state index is 11.8. The van der Waals surface area contributed by atoms with E-state index in [1.807, 2.05) is 6.92 Å². The maximum atomic E-state index is 11.8. The zero-order valence-electron chi connectivity index (χ0n) is 12.9. The van der Waals surface area contributed by atoms with E-state index < -0.39 is 11.7 Å². The molecular weight excluding hydrogens is 298 g/mol. The number of aromatic hydroxyl groups is 1.